The standard InChI is InChI=1S/C19H27N5O5S/c20-19(27)21-15-8-9-23(14-15)18(26)7-6-17(25)22-10-12-24(13-11-22)30(28,29)16-4-2-1-3-5-16/h1-5,15H,6-14H2,(H3,20,21,27)/t15-/m1/s1. The van der Waals surface area contributed by atoms with Crippen molar-refractivity contribution in [1.29, 1.82) is 0 Å². The van der Waals surface area contributed by atoms with Crippen molar-refractivity contribution in [1.82, 2.24) is 19.4 Å². The first-order chi connectivity index (χ1) is 14.3. The molecule has 4 amide bonds. The fourth-order valence-electron chi connectivity index (χ4n) is 3.76. The second-order valence-corrected chi connectivity index (χ2v) is 9.37. The van der Waals surface area contributed by atoms with Gasteiger partial charge in [-0.25, -0.2) is 13.2 Å². The maximum absolute atomic E-state index is 12.7. The summed E-state index contributed by atoms with van der Waals surface area (Å²) in [5.74, 6) is -0.298. The summed E-state index contributed by atoms with van der Waals surface area (Å²) in [6.07, 6.45) is 0.805. The maximum atomic E-state index is 12.7. The highest BCUT2D eigenvalue weighted by atomic mass is 32.2. The lowest BCUT2D eigenvalue weighted by Crippen LogP contribution is -2.50. The van der Waals surface area contributed by atoms with Gasteiger partial charge in [0, 0.05) is 58.2 Å². The Kier molecular flexibility index (Phi) is 6.93. The van der Waals surface area contributed by atoms with Crippen LogP contribution in [0.4, 0.5) is 4.79 Å². The highest BCUT2D eigenvalue weighted by Crippen LogP contribution is 2.18. The molecule has 2 fully saturated rings. The summed E-state index contributed by atoms with van der Waals surface area (Å²) in [6.45, 7) is 1.97. The normalized spacial score (nSPS) is 20.2. The van der Waals surface area contributed by atoms with Gasteiger partial charge in [0.05, 0.1) is 4.90 Å². The van der Waals surface area contributed by atoms with Crippen LogP contribution in [0, 0.1) is 0 Å². The first kappa shape index (κ1) is 22.0. The molecule has 0 bridgehead atoms. The van der Waals surface area contributed by atoms with Crippen molar-refractivity contribution in [2.45, 2.75) is 30.2 Å². The molecule has 1 atom stereocenters. The number of urea groups is 1. The third-order valence-corrected chi connectivity index (χ3v) is 7.33. The van der Waals surface area contributed by atoms with E-state index in [0.29, 0.717) is 32.6 Å². The predicted molar refractivity (Wildman–Crippen MR) is 109 cm³/mol. The number of hydrogen-bond donors (Lipinski definition) is 2. The molecular formula is C19H27N5O5S. The number of piperazine rings is 1. The van der Waals surface area contributed by atoms with Crippen LogP contribution in [0.2, 0.25) is 0 Å². The molecule has 11 heteroatoms. The zero-order valence-electron chi connectivity index (χ0n) is 16.7. The van der Waals surface area contributed by atoms with E-state index in [1.165, 1.54) is 4.31 Å². The molecule has 0 saturated carbocycles. The van der Waals surface area contributed by atoms with Gasteiger partial charge in [-0.2, -0.15) is 4.31 Å². The quantitative estimate of drug-likeness (QED) is 0.623. The molecule has 10 nitrogen and oxygen atoms in total. The number of amides is 4. The number of nitrogens with two attached hydrogens (primary N) is 1. The van der Waals surface area contributed by atoms with E-state index in [1.807, 2.05) is 0 Å². The van der Waals surface area contributed by atoms with Gasteiger partial charge in [0.2, 0.25) is 21.8 Å². The molecule has 2 saturated heterocycles. The topological polar surface area (TPSA) is 133 Å². The third kappa shape index (κ3) is 5.28. The number of nitrogens with zero attached hydrogens (tertiary/aromatic N) is 3. The van der Waals surface area contributed by atoms with Gasteiger partial charge < -0.3 is 20.9 Å². The van der Waals surface area contributed by atoms with Gasteiger partial charge >= 0.3 is 6.03 Å². The Morgan fingerprint density at radius 3 is 2.13 bits per heavy atom. The second-order valence-electron chi connectivity index (χ2n) is 7.43. The molecule has 0 unspecified atom stereocenters. The largest absolute Gasteiger partial charge is 0.352 e. The van der Waals surface area contributed by atoms with Crippen LogP contribution in [-0.4, -0.2) is 85.7 Å². The van der Waals surface area contributed by atoms with Gasteiger partial charge in [-0.05, 0) is 18.6 Å². The Labute approximate surface area is 176 Å². The molecule has 164 valence electrons. The average molecular weight is 438 g/mol. The van der Waals surface area contributed by atoms with Gasteiger partial charge in [-0.15, -0.1) is 0 Å². The van der Waals surface area contributed by atoms with Crippen molar-refractivity contribution in [3.05, 3.63) is 30.3 Å². The summed E-state index contributed by atoms with van der Waals surface area (Å²) in [6, 6.07) is 7.46. The molecule has 0 radical (unpaired) electrons. The average Bonchev–Trinajstić information content (AvgIpc) is 3.20. The van der Waals surface area contributed by atoms with E-state index in [2.05, 4.69) is 5.32 Å². The molecule has 2 aliphatic heterocycles. The number of rotatable bonds is 6. The Morgan fingerprint density at radius 1 is 0.933 bits per heavy atom. The minimum Gasteiger partial charge on any atom is -0.352 e. The van der Waals surface area contributed by atoms with E-state index in [4.69, 9.17) is 5.73 Å². The summed E-state index contributed by atoms with van der Waals surface area (Å²) in [4.78, 5) is 39.2. The molecule has 1 aromatic carbocycles. The van der Waals surface area contributed by atoms with Gasteiger partial charge in [-0.3, -0.25) is 9.59 Å². The van der Waals surface area contributed by atoms with E-state index in [-0.39, 0.29) is 48.7 Å². The Morgan fingerprint density at radius 2 is 1.53 bits per heavy atom. The summed E-state index contributed by atoms with van der Waals surface area (Å²) >= 11 is 0. The molecule has 0 aliphatic carbocycles. The molecule has 3 N–H and O–H groups in total. The van der Waals surface area contributed by atoms with Crippen molar-refractivity contribution in [3.8, 4) is 0 Å². The van der Waals surface area contributed by atoms with Crippen LogP contribution in [0.15, 0.2) is 35.2 Å². The van der Waals surface area contributed by atoms with Gasteiger partial charge in [0.25, 0.3) is 0 Å². The van der Waals surface area contributed by atoms with Crippen molar-refractivity contribution in [2.75, 3.05) is 39.3 Å². The summed E-state index contributed by atoms with van der Waals surface area (Å²) in [7, 11) is -3.57. The molecule has 2 heterocycles. The molecule has 3 rings (SSSR count). The number of nitrogens with one attached hydrogen (secondary N) is 1. The number of carbonyl (C=O) groups is 3. The SMILES string of the molecule is NC(=O)N[C@@H]1CCN(C(=O)CCC(=O)N2CCN(S(=O)(=O)c3ccccc3)CC2)C1. The Balaban J connectivity index is 1.43. The van der Waals surface area contributed by atoms with E-state index >= 15 is 0 Å². The first-order valence-electron chi connectivity index (χ1n) is 9.94. The molecule has 1 aromatic rings. The number of likely N-dealkylation sites (tertiary alicyclic amines) is 1. The van der Waals surface area contributed by atoms with E-state index in [0.717, 1.165) is 0 Å². The Bertz CT molecular complexity index is 884. The summed E-state index contributed by atoms with van der Waals surface area (Å²) in [5.41, 5.74) is 5.10. The summed E-state index contributed by atoms with van der Waals surface area (Å²) < 4.78 is 26.7. The number of hydrogen-bond acceptors (Lipinski definition) is 5. The van der Waals surface area contributed by atoms with Crippen LogP contribution < -0.4 is 11.1 Å². The fraction of sp³-hybridized carbons (Fsp3) is 0.526. The molecule has 0 spiro atoms. The maximum Gasteiger partial charge on any atom is 0.312 e. The highest BCUT2D eigenvalue weighted by Gasteiger charge is 2.31. The van der Waals surface area contributed by atoms with Crippen LogP contribution >= 0.6 is 0 Å². The zero-order chi connectivity index (χ0) is 21.7. The summed E-state index contributed by atoms with van der Waals surface area (Å²) in [5, 5.41) is 2.59. The zero-order valence-corrected chi connectivity index (χ0v) is 17.5. The number of sulfonamides is 1. The predicted octanol–water partition coefficient (Wildman–Crippen LogP) is -0.431. The van der Waals surface area contributed by atoms with Crippen LogP contribution in [-0.2, 0) is 19.6 Å². The fourth-order valence-corrected chi connectivity index (χ4v) is 5.20. The lowest BCUT2D eigenvalue weighted by Gasteiger charge is -2.34. The molecular weight excluding hydrogens is 410 g/mol. The van der Waals surface area contributed by atoms with Gasteiger partial charge in [-0.1, -0.05) is 18.2 Å². The minimum absolute atomic E-state index is 0.0781. The second kappa shape index (κ2) is 9.43. The number of benzene rings is 1. The highest BCUT2D eigenvalue weighted by molar-refractivity contribution is 7.89. The smallest absolute Gasteiger partial charge is 0.312 e. The van der Waals surface area contributed by atoms with E-state index in [1.54, 1.807) is 40.1 Å². The van der Waals surface area contributed by atoms with E-state index in [9.17, 15) is 22.8 Å². The van der Waals surface area contributed by atoms with Crippen molar-refractivity contribution in [3.63, 3.8) is 0 Å². The lowest BCUT2D eigenvalue weighted by atomic mass is 10.2. The van der Waals surface area contributed by atoms with Crippen LogP contribution in [0.1, 0.15) is 19.3 Å². The molecule has 0 aromatic heterocycles. The lowest BCUT2D eigenvalue weighted by molar-refractivity contribution is -0.137. The molecule has 30 heavy (non-hydrogen) atoms. The van der Waals surface area contributed by atoms with Crippen LogP contribution in [0.25, 0.3) is 0 Å². The van der Waals surface area contributed by atoms with Crippen LogP contribution in [0.5, 0.6) is 0 Å². The minimum atomic E-state index is -3.57. The van der Waals surface area contributed by atoms with Crippen LogP contribution in [0.3, 0.4) is 0 Å². The van der Waals surface area contributed by atoms with Crippen molar-refractivity contribution >= 4 is 27.9 Å². The Hall–Kier alpha value is -2.66. The molecule has 2 aliphatic rings. The number of carbonyl (C=O) groups excluding carboxylic acids is 3. The van der Waals surface area contributed by atoms with Gasteiger partial charge in [0.1, 0.15) is 0 Å². The van der Waals surface area contributed by atoms with Gasteiger partial charge in [0.15, 0.2) is 0 Å². The monoisotopic (exact) mass is 437 g/mol. The van der Waals surface area contributed by atoms with Crippen molar-refractivity contribution in [2.24, 2.45) is 5.73 Å². The number of primary amides is 1. The third-order valence-electron chi connectivity index (χ3n) is 5.41. The van der Waals surface area contributed by atoms with E-state index < -0.39 is 16.1 Å². The van der Waals surface area contributed by atoms with Crippen molar-refractivity contribution < 1.29 is 22.8 Å². The first-order valence-corrected chi connectivity index (χ1v) is 11.4.